The third kappa shape index (κ3) is 4.49. The summed E-state index contributed by atoms with van der Waals surface area (Å²) < 4.78 is 0. The lowest BCUT2D eigenvalue weighted by Crippen LogP contribution is -2.30. The zero-order valence-corrected chi connectivity index (χ0v) is 29.9. The summed E-state index contributed by atoms with van der Waals surface area (Å²) in [5, 5.41) is 33.5. The van der Waals surface area contributed by atoms with E-state index < -0.39 is 5.41 Å². The molecule has 0 atom stereocenters. The molecule has 0 spiro atoms. The minimum Gasteiger partial charge on any atom is -0.508 e. The van der Waals surface area contributed by atoms with Crippen LogP contribution in [0.3, 0.4) is 0 Å². The summed E-state index contributed by atoms with van der Waals surface area (Å²) in [5.41, 5.74) is 8.95. The Labute approximate surface area is 318 Å². The van der Waals surface area contributed by atoms with Gasteiger partial charge in [-0.3, -0.25) is 0 Å². The van der Waals surface area contributed by atoms with E-state index in [1.54, 1.807) is 0 Å². The molecule has 2 N–H and O–H groups in total. The van der Waals surface area contributed by atoms with Crippen LogP contribution >= 0.6 is 0 Å². The standard InChI is InChI=1S/C53H34O2/c54-49-29-25-35-13-3-7-19-43(35)51(49)53(52-44-20-8-4-14-36(44)26-30-50(52)55)47-31-37(41-21-9-15-33-11-1-5-17-39(33)41)23-27-45(47)46-28-24-38(32-48(46)53)42-22-10-16-34-12-2-6-18-40(34)42/h1-32,54-55H. The van der Waals surface area contributed by atoms with Crippen molar-refractivity contribution in [2.24, 2.45) is 0 Å². The fraction of sp³-hybridized carbons (Fsp3) is 0.0189. The fourth-order valence-corrected chi connectivity index (χ4v) is 9.59. The summed E-state index contributed by atoms with van der Waals surface area (Å²) in [6.07, 6.45) is 0. The van der Waals surface area contributed by atoms with E-state index in [0.29, 0.717) is 0 Å². The maximum atomic E-state index is 12.5. The van der Waals surface area contributed by atoms with E-state index in [0.717, 1.165) is 77.2 Å². The van der Waals surface area contributed by atoms with Crippen molar-refractivity contribution in [1.82, 2.24) is 0 Å². The lowest BCUT2D eigenvalue weighted by Gasteiger charge is -2.37. The van der Waals surface area contributed by atoms with Crippen molar-refractivity contribution in [3.05, 3.63) is 216 Å². The Bertz CT molecular complexity index is 2960. The molecule has 0 saturated carbocycles. The Balaban J connectivity index is 1.35. The normalized spacial score (nSPS) is 13.0. The van der Waals surface area contributed by atoms with Crippen LogP contribution in [0.5, 0.6) is 11.5 Å². The molecule has 0 amide bonds. The van der Waals surface area contributed by atoms with E-state index >= 15 is 0 Å². The third-order valence-corrected chi connectivity index (χ3v) is 11.9. The van der Waals surface area contributed by atoms with Gasteiger partial charge in [0.1, 0.15) is 11.5 Å². The van der Waals surface area contributed by atoms with Gasteiger partial charge in [-0.05, 0) is 112 Å². The zero-order chi connectivity index (χ0) is 36.7. The minimum absolute atomic E-state index is 0.177. The number of hydrogen-bond acceptors (Lipinski definition) is 2. The SMILES string of the molecule is Oc1ccc2ccccc2c1C1(c2c(O)ccc3ccccc23)c2cc(-c3cccc4ccccc34)ccc2-c2ccc(-c3cccc4ccccc34)cc21. The number of hydrogen-bond donors (Lipinski definition) is 2. The summed E-state index contributed by atoms with van der Waals surface area (Å²) in [7, 11) is 0. The number of benzene rings is 10. The quantitative estimate of drug-likeness (QED) is 0.192. The molecule has 55 heavy (non-hydrogen) atoms. The second kappa shape index (κ2) is 11.9. The molecule has 0 bridgehead atoms. The molecule has 0 fully saturated rings. The zero-order valence-electron chi connectivity index (χ0n) is 29.9. The van der Waals surface area contributed by atoms with Gasteiger partial charge in [-0.2, -0.15) is 0 Å². The van der Waals surface area contributed by atoms with Crippen molar-refractivity contribution < 1.29 is 10.2 Å². The molecule has 0 saturated heterocycles. The highest BCUT2D eigenvalue weighted by atomic mass is 16.3. The van der Waals surface area contributed by atoms with E-state index in [1.807, 2.05) is 48.5 Å². The maximum Gasteiger partial charge on any atom is 0.121 e. The lowest BCUT2D eigenvalue weighted by molar-refractivity contribution is 0.451. The Morgan fingerprint density at radius 1 is 0.291 bits per heavy atom. The van der Waals surface area contributed by atoms with E-state index in [-0.39, 0.29) is 11.5 Å². The van der Waals surface area contributed by atoms with Crippen LogP contribution in [-0.2, 0) is 5.41 Å². The van der Waals surface area contributed by atoms with E-state index in [2.05, 4.69) is 146 Å². The predicted molar refractivity (Wildman–Crippen MR) is 228 cm³/mol. The molecule has 2 heteroatoms. The molecule has 258 valence electrons. The molecule has 11 rings (SSSR count). The van der Waals surface area contributed by atoms with Crippen LogP contribution in [0.15, 0.2) is 194 Å². The van der Waals surface area contributed by atoms with E-state index in [4.69, 9.17) is 0 Å². The topological polar surface area (TPSA) is 40.5 Å². The van der Waals surface area contributed by atoms with Crippen LogP contribution in [0, 0.1) is 0 Å². The molecule has 10 aromatic carbocycles. The van der Waals surface area contributed by atoms with Gasteiger partial charge in [0.05, 0.1) is 5.41 Å². The van der Waals surface area contributed by atoms with Crippen molar-refractivity contribution >= 4 is 43.1 Å². The largest absolute Gasteiger partial charge is 0.508 e. The van der Waals surface area contributed by atoms with Gasteiger partial charge in [-0.25, -0.2) is 0 Å². The summed E-state index contributed by atoms with van der Waals surface area (Å²) in [6, 6.07) is 67.7. The van der Waals surface area contributed by atoms with Crippen molar-refractivity contribution in [1.29, 1.82) is 0 Å². The molecular formula is C53H34O2. The monoisotopic (exact) mass is 702 g/mol. The summed E-state index contributed by atoms with van der Waals surface area (Å²) in [6.45, 7) is 0. The second-order valence-corrected chi connectivity index (χ2v) is 14.7. The summed E-state index contributed by atoms with van der Waals surface area (Å²) >= 11 is 0. The minimum atomic E-state index is -1.14. The van der Waals surface area contributed by atoms with Crippen LogP contribution < -0.4 is 0 Å². The highest BCUT2D eigenvalue weighted by Crippen LogP contribution is 2.63. The molecule has 0 heterocycles. The molecule has 2 nitrogen and oxygen atoms in total. The van der Waals surface area contributed by atoms with Crippen molar-refractivity contribution in [3.8, 4) is 44.9 Å². The van der Waals surface area contributed by atoms with Crippen LogP contribution in [0.1, 0.15) is 22.3 Å². The molecule has 1 aliphatic carbocycles. The van der Waals surface area contributed by atoms with Crippen molar-refractivity contribution in [2.45, 2.75) is 5.41 Å². The molecule has 0 aliphatic heterocycles. The Hall–Kier alpha value is -7.16. The van der Waals surface area contributed by atoms with Crippen LogP contribution in [0.2, 0.25) is 0 Å². The van der Waals surface area contributed by atoms with Crippen molar-refractivity contribution in [2.75, 3.05) is 0 Å². The Morgan fingerprint density at radius 3 is 1.09 bits per heavy atom. The average Bonchev–Trinajstić information content (AvgIpc) is 3.52. The van der Waals surface area contributed by atoms with E-state index in [9.17, 15) is 10.2 Å². The van der Waals surface area contributed by atoms with Crippen LogP contribution in [0.25, 0.3) is 76.5 Å². The van der Waals surface area contributed by atoms with Gasteiger partial charge in [0.15, 0.2) is 0 Å². The van der Waals surface area contributed by atoms with E-state index in [1.165, 1.54) is 21.5 Å². The molecule has 0 unspecified atom stereocenters. The van der Waals surface area contributed by atoms with Crippen LogP contribution in [-0.4, -0.2) is 10.2 Å². The third-order valence-electron chi connectivity index (χ3n) is 11.9. The summed E-state index contributed by atoms with van der Waals surface area (Å²) in [5.74, 6) is 0.354. The fourth-order valence-electron chi connectivity index (χ4n) is 9.59. The molecule has 0 aromatic heterocycles. The highest BCUT2D eigenvalue weighted by Gasteiger charge is 2.51. The van der Waals surface area contributed by atoms with Gasteiger partial charge in [0, 0.05) is 11.1 Å². The number of phenolic OH excluding ortho intramolecular Hbond substituents is 2. The Morgan fingerprint density at radius 2 is 0.655 bits per heavy atom. The van der Waals surface area contributed by atoms with Gasteiger partial charge >= 0.3 is 0 Å². The smallest absolute Gasteiger partial charge is 0.121 e. The van der Waals surface area contributed by atoms with Gasteiger partial charge in [-0.15, -0.1) is 0 Å². The first-order valence-electron chi connectivity index (χ1n) is 18.8. The molecule has 1 aliphatic rings. The lowest BCUT2D eigenvalue weighted by atomic mass is 9.64. The highest BCUT2D eigenvalue weighted by molar-refractivity contribution is 6.04. The summed E-state index contributed by atoms with van der Waals surface area (Å²) in [4.78, 5) is 0. The average molecular weight is 703 g/mol. The first kappa shape index (κ1) is 31.4. The molecule has 0 radical (unpaired) electrons. The van der Waals surface area contributed by atoms with Crippen LogP contribution in [0.4, 0.5) is 0 Å². The first-order chi connectivity index (χ1) is 27.1. The first-order valence-corrected chi connectivity index (χ1v) is 18.8. The molecular weight excluding hydrogens is 669 g/mol. The van der Waals surface area contributed by atoms with Gasteiger partial charge in [0.2, 0.25) is 0 Å². The number of aromatic hydroxyl groups is 2. The van der Waals surface area contributed by atoms with Gasteiger partial charge < -0.3 is 10.2 Å². The second-order valence-electron chi connectivity index (χ2n) is 14.7. The van der Waals surface area contributed by atoms with Gasteiger partial charge in [0.25, 0.3) is 0 Å². The maximum absolute atomic E-state index is 12.5. The van der Waals surface area contributed by atoms with Gasteiger partial charge in [-0.1, -0.05) is 170 Å². The number of rotatable bonds is 4. The predicted octanol–water partition coefficient (Wildman–Crippen LogP) is 13.4. The number of fused-ring (bicyclic) bond motifs is 7. The van der Waals surface area contributed by atoms with Crippen molar-refractivity contribution in [3.63, 3.8) is 0 Å². The molecule has 10 aromatic rings. The number of phenols is 2. The Kier molecular flexibility index (Phi) is 6.80.